The Bertz CT molecular complexity index is 408. The molecule has 0 amide bonds. The van der Waals surface area contributed by atoms with Crippen molar-refractivity contribution in [2.24, 2.45) is 0 Å². The van der Waals surface area contributed by atoms with Crippen molar-refractivity contribution >= 4 is 11.6 Å². The van der Waals surface area contributed by atoms with Crippen molar-refractivity contribution in [1.29, 1.82) is 0 Å². The Morgan fingerprint density at radius 1 is 1.37 bits per heavy atom. The quantitative estimate of drug-likeness (QED) is 0.903. The molecule has 2 rings (SSSR count). The van der Waals surface area contributed by atoms with Crippen LogP contribution in [-0.2, 0) is 11.3 Å². The van der Waals surface area contributed by atoms with Gasteiger partial charge in [-0.3, -0.25) is 4.90 Å². The first kappa shape index (κ1) is 14.7. The summed E-state index contributed by atoms with van der Waals surface area (Å²) >= 11 is 5.96. The van der Waals surface area contributed by atoms with Crippen molar-refractivity contribution in [1.82, 2.24) is 4.90 Å². The van der Waals surface area contributed by atoms with E-state index in [2.05, 4.69) is 4.90 Å². The predicted octanol–water partition coefficient (Wildman–Crippen LogP) is 2.45. The SMILES string of the molecule is OCCOC1CCN(Cc2cccc(F)c2Cl)CC1. The third-order valence-electron chi connectivity index (χ3n) is 3.40. The van der Waals surface area contributed by atoms with Crippen molar-refractivity contribution < 1.29 is 14.2 Å². The number of piperidine rings is 1. The summed E-state index contributed by atoms with van der Waals surface area (Å²) in [6.07, 6.45) is 2.10. The van der Waals surface area contributed by atoms with E-state index in [4.69, 9.17) is 21.4 Å². The van der Waals surface area contributed by atoms with Crippen LogP contribution in [-0.4, -0.2) is 42.4 Å². The van der Waals surface area contributed by atoms with Gasteiger partial charge in [0.1, 0.15) is 5.82 Å². The van der Waals surface area contributed by atoms with Gasteiger partial charge in [0, 0.05) is 19.6 Å². The maximum Gasteiger partial charge on any atom is 0.142 e. The van der Waals surface area contributed by atoms with E-state index in [1.165, 1.54) is 6.07 Å². The van der Waals surface area contributed by atoms with E-state index in [9.17, 15) is 4.39 Å². The first-order chi connectivity index (χ1) is 9.20. The maximum absolute atomic E-state index is 13.3. The van der Waals surface area contributed by atoms with Crippen molar-refractivity contribution in [3.8, 4) is 0 Å². The zero-order valence-corrected chi connectivity index (χ0v) is 11.6. The zero-order valence-electron chi connectivity index (χ0n) is 10.8. The lowest BCUT2D eigenvalue weighted by Crippen LogP contribution is -2.37. The molecule has 0 atom stereocenters. The van der Waals surface area contributed by atoms with E-state index in [0.717, 1.165) is 31.5 Å². The summed E-state index contributed by atoms with van der Waals surface area (Å²) in [5, 5.41) is 8.94. The number of halogens is 2. The van der Waals surface area contributed by atoms with Gasteiger partial charge in [0.25, 0.3) is 0 Å². The average molecular weight is 288 g/mol. The molecule has 0 aliphatic carbocycles. The summed E-state index contributed by atoms with van der Waals surface area (Å²) < 4.78 is 18.9. The first-order valence-corrected chi connectivity index (χ1v) is 6.96. The van der Waals surface area contributed by atoms with E-state index in [-0.39, 0.29) is 23.6 Å². The van der Waals surface area contributed by atoms with Gasteiger partial charge in [-0.25, -0.2) is 4.39 Å². The molecule has 0 bridgehead atoms. The number of likely N-dealkylation sites (tertiary alicyclic amines) is 1. The number of rotatable bonds is 5. The molecule has 0 aromatic heterocycles. The fourth-order valence-electron chi connectivity index (χ4n) is 2.36. The largest absolute Gasteiger partial charge is 0.394 e. The van der Waals surface area contributed by atoms with E-state index < -0.39 is 0 Å². The fraction of sp³-hybridized carbons (Fsp3) is 0.571. The molecule has 1 aliphatic heterocycles. The van der Waals surface area contributed by atoms with E-state index in [1.807, 2.05) is 6.07 Å². The highest BCUT2D eigenvalue weighted by Crippen LogP contribution is 2.23. The highest BCUT2D eigenvalue weighted by molar-refractivity contribution is 6.31. The van der Waals surface area contributed by atoms with Gasteiger partial charge >= 0.3 is 0 Å². The molecule has 5 heteroatoms. The molecule has 1 aromatic rings. The summed E-state index contributed by atoms with van der Waals surface area (Å²) in [6.45, 7) is 2.95. The molecule has 1 heterocycles. The minimum absolute atomic E-state index is 0.0686. The van der Waals surface area contributed by atoms with Crippen LogP contribution in [0, 0.1) is 5.82 Å². The molecular weight excluding hydrogens is 269 g/mol. The van der Waals surface area contributed by atoms with Crippen LogP contribution in [0.15, 0.2) is 18.2 Å². The molecule has 1 saturated heterocycles. The highest BCUT2D eigenvalue weighted by atomic mass is 35.5. The molecule has 106 valence electrons. The minimum atomic E-state index is -0.361. The fourth-order valence-corrected chi connectivity index (χ4v) is 2.55. The molecule has 19 heavy (non-hydrogen) atoms. The molecule has 0 unspecified atom stereocenters. The van der Waals surface area contributed by atoms with Gasteiger partial charge in [-0.05, 0) is 24.5 Å². The van der Waals surface area contributed by atoms with Gasteiger partial charge in [0.2, 0.25) is 0 Å². The van der Waals surface area contributed by atoms with E-state index in [0.29, 0.717) is 13.2 Å². The lowest BCUT2D eigenvalue weighted by Gasteiger charge is -2.32. The van der Waals surface area contributed by atoms with Crippen LogP contribution in [0.1, 0.15) is 18.4 Å². The summed E-state index contributed by atoms with van der Waals surface area (Å²) in [6, 6.07) is 4.92. The maximum atomic E-state index is 13.3. The lowest BCUT2D eigenvalue weighted by molar-refractivity contribution is -0.00901. The average Bonchev–Trinajstić information content (AvgIpc) is 2.43. The molecule has 1 fully saturated rings. The topological polar surface area (TPSA) is 32.7 Å². The Labute approximate surface area is 117 Å². The predicted molar refractivity (Wildman–Crippen MR) is 72.7 cm³/mol. The van der Waals surface area contributed by atoms with Gasteiger partial charge < -0.3 is 9.84 Å². The van der Waals surface area contributed by atoms with Gasteiger partial charge in [0.15, 0.2) is 0 Å². The lowest BCUT2D eigenvalue weighted by atomic mass is 10.1. The number of ether oxygens (including phenoxy) is 1. The summed E-state index contributed by atoms with van der Waals surface area (Å²) in [7, 11) is 0. The Hall–Kier alpha value is -0.680. The number of hydrogen-bond donors (Lipinski definition) is 1. The summed E-state index contributed by atoms with van der Waals surface area (Å²) in [4.78, 5) is 2.25. The summed E-state index contributed by atoms with van der Waals surface area (Å²) in [5.74, 6) is -0.361. The standard InChI is InChI=1S/C14H19ClFNO2/c15-14-11(2-1-3-13(14)16)10-17-6-4-12(5-7-17)19-9-8-18/h1-3,12,18H,4-10H2. The van der Waals surface area contributed by atoms with Crippen LogP contribution in [0.5, 0.6) is 0 Å². The molecule has 1 aliphatic rings. The smallest absolute Gasteiger partial charge is 0.142 e. The molecule has 1 aromatic carbocycles. The van der Waals surface area contributed by atoms with Gasteiger partial charge in [-0.15, -0.1) is 0 Å². The third-order valence-corrected chi connectivity index (χ3v) is 3.83. The van der Waals surface area contributed by atoms with Crippen LogP contribution in [0.2, 0.25) is 5.02 Å². The Morgan fingerprint density at radius 3 is 2.79 bits per heavy atom. The Balaban J connectivity index is 1.84. The first-order valence-electron chi connectivity index (χ1n) is 6.58. The third kappa shape index (κ3) is 4.14. The van der Waals surface area contributed by atoms with E-state index in [1.54, 1.807) is 6.07 Å². The van der Waals surface area contributed by atoms with Crippen LogP contribution < -0.4 is 0 Å². The normalized spacial score (nSPS) is 17.8. The van der Waals surface area contributed by atoms with Crippen LogP contribution >= 0.6 is 11.6 Å². The van der Waals surface area contributed by atoms with Gasteiger partial charge in [-0.1, -0.05) is 23.7 Å². The van der Waals surface area contributed by atoms with Gasteiger partial charge in [-0.2, -0.15) is 0 Å². The number of benzene rings is 1. The zero-order chi connectivity index (χ0) is 13.7. The highest BCUT2D eigenvalue weighted by Gasteiger charge is 2.20. The number of aliphatic hydroxyl groups excluding tert-OH is 1. The van der Waals surface area contributed by atoms with Crippen molar-refractivity contribution in [3.05, 3.63) is 34.6 Å². The van der Waals surface area contributed by atoms with Crippen LogP contribution in [0.4, 0.5) is 4.39 Å². The van der Waals surface area contributed by atoms with E-state index >= 15 is 0 Å². The number of hydrogen-bond acceptors (Lipinski definition) is 3. The molecule has 1 N–H and O–H groups in total. The molecular formula is C14H19ClFNO2. The number of aliphatic hydroxyl groups is 1. The second-order valence-electron chi connectivity index (χ2n) is 4.78. The molecule has 0 saturated carbocycles. The second kappa shape index (κ2) is 7.20. The minimum Gasteiger partial charge on any atom is -0.394 e. The molecule has 0 radical (unpaired) electrons. The monoisotopic (exact) mass is 287 g/mol. The van der Waals surface area contributed by atoms with Crippen molar-refractivity contribution in [3.63, 3.8) is 0 Å². The van der Waals surface area contributed by atoms with Crippen LogP contribution in [0.25, 0.3) is 0 Å². The van der Waals surface area contributed by atoms with Crippen LogP contribution in [0.3, 0.4) is 0 Å². The Morgan fingerprint density at radius 2 is 2.11 bits per heavy atom. The molecule has 0 spiro atoms. The Kier molecular flexibility index (Phi) is 5.58. The van der Waals surface area contributed by atoms with Crippen molar-refractivity contribution in [2.75, 3.05) is 26.3 Å². The van der Waals surface area contributed by atoms with Gasteiger partial charge in [0.05, 0.1) is 24.3 Å². The number of nitrogens with zero attached hydrogens (tertiary/aromatic N) is 1. The second-order valence-corrected chi connectivity index (χ2v) is 5.16. The molecule has 3 nitrogen and oxygen atoms in total. The van der Waals surface area contributed by atoms with Crippen molar-refractivity contribution in [2.45, 2.75) is 25.5 Å². The summed E-state index contributed by atoms with van der Waals surface area (Å²) in [5.41, 5.74) is 0.830.